The Hall–Kier alpha value is -3.93. The maximum absolute atomic E-state index is 10.9. The molecule has 0 aliphatic carbocycles. The van der Waals surface area contributed by atoms with Crippen LogP contribution in [0, 0.1) is 12.8 Å². The Balaban J connectivity index is 1.68. The van der Waals surface area contributed by atoms with E-state index in [4.69, 9.17) is 24.4 Å². The molecule has 37 heavy (non-hydrogen) atoms. The number of aryl methyl sites for hydroxylation is 1. The number of ether oxygens (including phenoxy) is 2. The summed E-state index contributed by atoms with van der Waals surface area (Å²) >= 11 is 0. The zero-order valence-corrected chi connectivity index (χ0v) is 22.1. The van der Waals surface area contributed by atoms with Crippen LogP contribution >= 0.6 is 0 Å². The molecule has 6 heteroatoms. The van der Waals surface area contributed by atoms with Gasteiger partial charge in [-0.2, -0.15) is 0 Å². The Labute approximate surface area is 219 Å². The number of unbranched alkanes of at least 4 members (excludes halogenated alkanes) is 1. The second kappa shape index (κ2) is 12.3. The third-order valence-corrected chi connectivity index (χ3v) is 6.53. The molecule has 0 aliphatic heterocycles. The molecule has 0 radical (unpaired) electrons. The van der Waals surface area contributed by atoms with E-state index in [0.29, 0.717) is 41.3 Å². The summed E-state index contributed by atoms with van der Waals surface area (Å²) in [6, 6.07) is 20.9. The highest BCUT2D eigenvalue weighted by Gasteiger charge is 2.16. The monoisotopic (exact) mass is 497 g/mol. The molecule has 0 bridgehead atoms. The van der Waals surface area contributed by atoms with Crippen molar-refractivity contribution in [2.24, 2.45) is 5.92 Å². The molecule has 6 nitrogen and oxygen atoms in total. The van der Waals surface area contributed by atoms with Gasteiger partial charge in [0, 0.05) is 17.2 Å². The molecule has 1 N–H and O–H groups in total. The van der Waals surface area contributed by atoms with E-state index in [-0.39, 0.29) is 5.75 Å². The number of phenols is 1. The number of nitrogens with zero attached hydrogens (tertiary/aromatic N) is 3. The lowest BCUT2D eigenvalue weighted by Gasteiger charge is -2.16. The Morgan fingerprint density at radius 1 is 0.784 bits per heavy atom. The van der Waals surface area contributed by atoms with Crippen LogP contribution in [0.4, 0.5) is 0 Å². The topological polar surface area (TPSA) is 77.4 Å². The lowest BCUT2D eigenvalue weighted by Crippen LogP contribution is -2.11. The molecule has 1 atom stereocenters. The Bertz CT molecular complexity index is 1300. The molecule has 0 spiro atoms. The predicted molar refractivity (Wildman–Crippen MR) is 148 cm³/mol. The molecule has 1 unspecified atom stereocenters. The highest BCUT2D eigenvalue weighted by molar-refractivity contribution is 5.70. The van der Waals surface area contributed by atoms with E-state index in [1.165, 1.54) is 12.8 Å². The van der Waals surface area contributed by atoms with Crippen molar-refractivity contribution >= 4 is 0 Å². The maximum atomic E-state index is 10.9. The summed E-state index contributed by atoms with van der Waals surface area (Å²) in [5.41, 5.74) is 3.38. The number of hydrogen-bond acceptors (Lipinski definition) is 6. The van der Waals surface area contributed by atoms with Gasteiger partial charge >= 0.3 is 0 Å². The van der Waals surface area contributed by atoms with E-state index >= 15 is 0 Å². The average molecular weight is 498 g/mol. The van der Waals surface area contributed by atoms with Crippen LogP contribution in [0.2, 0.25) is 0 Å². The first-order valence-corrected chi connectivity index (χ1v) is 12.9. The van der Waals surface area contributed by atoms with Gasteiger partial charge in [-0.15, -0.1) is 0 Å². The van der Waals surface area contributed by atoms with Gasteiger partial charge in [0.15, 0.2) is 17.5 Å². The third kappa shape index (κ3) is 6.64. The van der Waals surface area contributed by atoms with E-state index in [1.807, 2.05) is 67.6 Å². The van der Waals surface area contributed by atoms with Crippen LogP contribution < -0.4 is 9.47 Å². The third-order valence-electron chi connectivity index (χ3n) is 6.53. The van der Waals surface area contributed by atoms with Crippen LogP contribution in [0.15, 0.2) is 66.7 Å². The Morgan fingerprint density at radius 3 is 1.95 bits per heavy atom. The summed E-state index contributed by atoms with van der Waals surface area (Å²) in [6.07, 6.45) is 4.61. The zero-order chi connectivity index (χ0) is 26.2. The smallest absolute Gasteiger partial charge is 0.167 e. The minimum atomic E-state index is 0.0702. The largest absolute Gasteiger partial charge is 0.507 e. The lowest BCUT2D eigenvalue weighted by molar-refractivity contribution is 0.232. The summed E-state index contributed by atoms with van der Waals surface area (Å²) in [5, 5.41) is 10.9. The van der Waals surface area contributed by atoms with Gasteiger partial charge in [-0.3, -0.25) is 0 Å². The highest BCUT2D eigenvalue weighted by Crippen LogP contribution is 2.33. The minimum Gasteiger partial charge on any atom is -0.507 e. The van der Waals surface area contributed by atoms with Gasteiger partial charge < -0.3 is 14.6 Å². The molecular formula is C31H35N3O3. The average Bonchev–Trinajstić information content (AvgIpc) is 2.93. The number of hydrogen-bond donors (Lipinski definition) is 1. The molecule has 0 saturated heterocycles. The van der Waals surface area contributed by atoms with Crippen LogP contribution in [0.1, 0.15) is 45.1 Å². The van der Waals surface area contributed by atoms with Gasteiger partial charge in [0.05, 0.1) is 19.3 Å². The Kier molecular flexibility index (Phi) is 8.72. The van der Waals surface area contributed by atoms with Crippen molar-refractivity contribution in [1.29, 1.82) is 0 Å². The summed E-state index contributed by atoms with van der Waals surface area (Å²) in [5.74, 6) is 3.43. The number of methoxy groups -OCH3 is 1. The summed E-state index contributed by atoms with van der Waals surface area (Å²) in [7, 11) is 1.63. The molecule has 0 saturated carbocycles. The van der Waals surface area contributed by atoms with Crippen molar-refractivity contribution in [3.05, 3.63) is 72.3 Å². The molecule has 0 amide bonds. The first-order valence-electron chi connectivity index (χ1n) is 12.9. The molecular weight excluding hydrogens is 462 g/mol. The first-order chi connectivity index (χ1) is 18.0. The van der Waals surface area contributed by atoms with Crippen molar-refractivity contribution in [3.8, 4) is 51.4 Å². The van der Waals surface area contributed by atoms with Crippen LogP contribution in [0.3, 0.4) is 0 Å². The van der Waals surface area contributed by atoms with Crippen molar-refractivity contribution in [2.75, 3.05) is 13.7 Å². The molecule has 1 heterocycles. The van der Waals surface area contributed by atoms with E-state index in [0.717, 1.165) is 35.3 Å². The molecule has 0 aliphatic rings. The van der Waals surface area contributed by atoms with Crippen LogP contribution in [-0.4, -0.2) is 33.8 Å². The van der Waals surface area contributed by atoms with E-state index in [1.54, 1.807) is 13.2 Å². The van der Waals surface area contributed by atoms with E-state index in [2.05, 4.69) is 13.8 Å². The van der Waals surface area contributed by atoms with E-state index in [9.17, 15) is 5.11 Å². The molecule has 1 aromatic heterocycles. The quantitative estimate of drug-likeness (QED) is 0.231. The van der Waals surface area contributed by atoms with Gasteiger partial charge in [0.25, 0.3) is 0 Å². The summed E-state index contributed by atoms with van der Waals surface area (Å²) in [6.45, 7) is 7.08. The van der Waals surface area contributed by atoms with Crippen LogP contribution in [0.5, 0.6) is 17.2 Å². The van der Waals surface area contributed by atoms with Crippen molar-refractivity contribution in [1.82, 2.24) is 15.0 Å². The predicted octanol–water partition coefficient (Wildman–Crippen LogP) is 7.49. The molecule has 192 valence electrons. The summed E-state index contributed by atoms with van der Waals surface area (Å²) < 4.78 is 11.3. The maximum Gasteiger partial charge on any atom is 0.167 e. The first kappa shape index (κ1) is 26.1. The number of rotatable bonds is 11. The zero-order valence-electron chi connectivity index (χ0n) is 22.1. The van der Waals surface area contributed by atoms with Crippen molar-refractivity contribution < 1.29 is 14.6 Å². The SMILES string of the molecule is CCCCC(CC)COc1ccc(-c2nc(-c3ccc(C)cc3)nc(-c3ccc(OC)cc3)n2)c(O)c1. The van der Waals surface area contributed by atoms with Crippen LogP contribution in [-0.2, 0) is 0 Å². The fourth-order valence-electron chi connectivity index (χ4n) is 4.10. The number of phenolic OH excluding ortho intramolecular Hbond substituents is 1. The fourth-order valence-corrected chi connectivity index (χ4v) is 4.10. The Morgan fingerprint density at radius 2 is 1.38 bits per heavy atom. The molecule has 0 fully saturated rings. The number of benzene rings is 3. The second-order valence-corrected chi connectivity index (χ2v) is 9.31. The molecule has 4 aromatic rings. The molecule has 3 aromatic carbocycles. The van der Waals surface area contributed by atoms with Gasteiger partial charge in [0.1, 0.15) is 17.2 Å². The number of aromatic hydroxyl groups is 1. The van der Waals surface area contributed by atoms with Crippen molar-refractivity contribution in [2.45, 2.75) is 46.5 Å². The van der Waals surface area contributed by atoms with Gasteiger partial charge in [-0.25, -0.2) is 15.0 Å². The second-order valence-electron chi connectivity index (χ2n) is 9.31. The standard InChI is InChI=1S/C31H35N3O3/c1-5-7-8-22(6-2)20-37-26-17-18-27(28(35)19-26)31-33-29(23-11-9-21(3)10-12-23)32-30(34-31)24-13-15-25(36-4)16-14-24/h9-19,22,35H,5-8,20H2,1-4H3. The molecule has 4 rings (SSSR count). The van der Waals surface area contributed by atoms with Crippen LogP contribution in [0.25, 0.3) is 34.2 Å². The normalized spacial score (nSPS) is 11.8. The van der Waals surface area contributed by atoms with Gasteiger partial charge in [-0.05, 0) is 55.7 Å². The van der Waals surface area contributed by atoms with Crippen molar-refractivity contribution in [3.63, 3.8) is 0 Å². The lowest BCUT2D eigenvalue weighted by atomic mass is 10.0. The minimum absolute atomic E-state index is 0.0702. The van der Waals surface area contributed by atoms with Gasteiger partial charge in [0.2, 0.25) is 0 Å². The summed E-state index contributed by atoms with van der Waals surface area (Å²) in [4.78, 5) is 14.2. The van der Waals surface area contributed by atoms with E-state index < -0.39 is 0 Å². The highest BCUT2D eigenvalue weighted by atomic mass is 16.5. The fraction of sp³-hybridized carbons (Fsp3) is 0.323. The number of aromatic nitrogens is 3. The van der Waals surface area contributed by atoms with Gasteiger partial charge in [-0.1, -0.05) is 62.9 Å².